The van der Waals surface area contributed by atoms with Crippen molar-refractivity contribution in [2.75, 3.05) is 25.6 Å². The van der Waals surface area contributed by atoms with E-state index in [1.807, 2.05) is 37.2 Å². The van der Waals surface area contributed by atoms with Crippen molar-refractivity contribution in [1.82, 2.24) is 0 Å². The molecule has 0 spiro atoms. The molecule has 0 radical (unpaired) electrons. The molecule has 0 heterocycles. The third-order valence-corrected chi connectivity index (χ3v) is 2.67. The van der Waals surface area contributed by atoms with Crippen molar-refractivity contribution in [3.8, 4) is 0 Å². The minimum absolute atomic E-state index is 0.0763. The molecule has 1 atom stereocenters. The maximum Gasteiger partial charge on any atom is 0.0474 e. The summed E-state index contributed by atoms with van der Waals surface area (Å²) in [7, 11) is 3.91. The third-order valence-electron chi connectivity index (χ3n) is 2.34. The van der Waals surface area contributed by atoms with Gasteiger partial charge in [-0.1, -0.05) is 17.7 Å². The second kappa shape index (κ2) is 5.35. The highest BCUT2D eigenvalue weighted by Gasteiger charge is 2.10. The number of hydrogen-bond donors (Lipinski definition) is 2. The van der Waals surface area contributed by atoms with Crippen molar-refractivity contribution in [3.63, 3.8) is 0 Å². The van der Waals surface area contributed by atoms with E-state index in [0.29, 0.717) is 11.4 Å². The molecule has 4 heteroatoms. The van der Waals surface area contributed by atoms with Gasteiger partial charge in [-0.3, -0.25) is 0 Å². The molecular weight excluding hydrogens is 212 g/mol. The molecule has 84 valence electrons. The molecule has 0 aliphatic rings. The van der Waals surface area contributed by atoms with Crippen LogP contribution in [0.2, 0.25) is 5.02 Å². The summed E-state index contributed by atoms with van der Waals surface area (Å²) in [5, 5.41) is 9.46. The lowest BCUT2D eigenvalue weighted by atomic mass is 10.0. The minimum Gasteiger partial charge on any atom is -0.396 e. The molecule has 0 aliphatic carbocycles. The van der Waals surface area contributed by atoms with E-state index in [1.165, 1.54) is 0 Å². The van der Waals surface area contributed by atoms with Crippen LogP contribution in [0.3, 0.4) is 0 Å². The van der Waals surface area contributed by atoms with Gasteiger partial charge in [-0.25, -0.2) is 0 Å². The molecule has 15 heavy (non-hydrogen) atoms. The number of rotatable bonds is 4. The molecule has 3 N–H and O–H groups in total. The second-order valence-electron chi connectivity index (χ2n) is 3.72. The van der Waals surface area contributed by atoms with E-state index in [9.17, 15) is 0 Å². The summed E-state index contributed by atoms with van der Waals surface area (Å²) >= 11 is 6.12. The lowest BCUT2D eigenvalue weighted by Gasteiger charge is -2.17. The average molecular weight is 229 g/mol. The first kappa shape index (κ1) is 12.3. The van der Waals surface area contributed by atoms with Crippen LogP contribution in [0.4, 0.5) is 5.69 Å². The van der Waals surface area contributed by atoms with E-state index in [4.69, 9.17) is 22.4 Å². The van der Waals surface area contributed by atoms with Crippen LogP contribution in [0.5, 0.6) is 0 Å². The summed E-state index contributed by atoms with van der Waals surface area (Å²) in [6, 6.07) is 5.57. The molecule has 0 saturated carbocycles. The van der Waals surface area contributed by atoms with Crippen LogP contribution in [-0.4, -0.2) is 25.8 Å². The van der Waals surface area contributed by atoms with E-state index >= 15 is 0 Å². The van der Waals surface area contributed by atoms with Crippen molar-refractivity contribution in [2.45, 2.75) is 12.5 Å². The zero-order chi connectivity index (χ0) is 11.4. The molecule has 1 aromatic rings. The Bertz CT molecular complexity index is 328. The van der Waals surface area contributed by atoms with Crippen molar-refractivity contribution >= 4 is 17.3 Å². The van der Waals surface area contributed by atoms with Crippen molar-refractivity contribution in [3.05, 3.63) is 28.8 Å². The van der Waals surface area contributed by atoms with Crippen LogP contribution in [0.15, 0.2) is 18.2 Å². The van der Waals surface area contributed by atoms with Crippen LogP contribution in [0, 0.1) is 0 Å². The van der Waals surface area contributed by atoms with Gasteiger partial charge in [-0.05, 0) is 24.1 Å². The number of anilines is 1. The largest absolute Gasteiger partial charge is 0.396 e. The lowest BCUT2D eigenvalue weighted by molar-refractivity contribution is 0.276. The summed E-state index contributed by atoms with van der Waals surface area (Å²) in [5.74, 6) is 0. The Morgan fingerprint density at radius 3 is 2.60 bits per heavy atom. The summed E-state index contributed by atoms with van der Waals surface area (Å²) < 4.78 is 0. The molecule has 1 rings (SSSR count). The highest BCUT2D eigenvalue weighted by Crippen LogP contribution is 2.27. The Morgan fingerprint density at radius 1 is 1.47 bits per heavy atom. The fourth-order valence-electron chi connectivity index (χ4n) is 1.39. The van der Waals surface area contributed by atoms with E-state index in [1.54, 1.807) is 0 Å². The first-order chi connectivity index (χ1) is 7.06. The first-order valence-corrected chi connectivity index (χ1v) is 5.27. The Labute approximate surface area is 95.5 Å². The zero-order valence-corrected chi connectivity index (χ0v) is 9.83. The quantitative estimate of drug-likeness (QED) is 0.826. The molecule has 1 aromatic carbocycles. The normalized spacial score (nSPS) is 12.6. The lowest BCUT2D eigenvalue weighted by Crippen LogP contribution is -2.13. The third kappa shape index (κ3) is 3.09. The second-order valence-corrected chi connectivity index (χ2v) is 4.13. The molecule has 0 aromatic heterocycles. The van der Waals surface area contributed by atoms with E-state index in [0.717, 1.165) is 11.3 Å². The summed E-state index contributed by atoms with van der Waals surface area (Å²) in [6.45, 7) is 0.0763. The number of benzene rings is 1. The molecular formula is C11H17ClN2O. The van der Waals surface area contributed by atoms with Gasteiger partial charge < -0.3 is 15.7 Å². The number of hydrogen-bond acceptors (Lipinski definition) is 3. The van der Waals surface area contributed by atoms with Gasteiger partial charge >= 0.3 is 0 Å². The maximum atomic E-state index is 8.80. The van der Waals surface area contributed by atoms with Crippen molar-refractivity contribution in [2.24, 2.45) is 5.73 Å². The molecule has 1 unspecified atom stereocenters. The molecule has 0 amide bonds. The molecule has 0 aliphatic heterocycles. The van der Waals surface area contributed by atoms with Gasteiger partial charge in [0.05, 0.1) is 0 Å². The number of aliphatic hydroxyl groups is 1. The zero-order valence-electron chi connectivity index (χ0n) is 9.07. The minimum atomic E-state index is -0.196. The molecule has 0 saturated heterocycles. The van der Waals surface area contributed by atoms with Gasteiger partial charge in [-0.15, -0.1) is 0 Å². The Hall–Kier alpha value is -0.770. The molecule has 0 fully saturated rings. The first-order valence-electron chi connectivity index (χ1n) is 4.89. The number of halogens is 1. The van der Waals surface area contributed by atoms with Gasteiger partial charge in [0.25, 0.3) is 0 Å². The van der Waals surface area contributed by atoms with Crippen LogP contribution in [0.25, 0.3) is 0 Å². The number of aliphatic hydroxyl groups excluding tert-OH is 1. The Kier molecular flexibility index (Phi) is 4.39. The fraction of sp³-hybridized carbons (Fsp3) is 0.455. The monoisotopic (exact) mass is 228 g/mol. The van der Waals surface area contributed by atoms with E-state index in [2.05, 4.69) is 0 Å². The van der Waals surface area contributed by atoms with Crippen molar-refractivity contribution < 1.29 is 5.11 Å². The van der Waals surface area contributed by atoms with Gasteiger partial charge in [0.15, 0.2) is 0 Å². The van der Waals surface area contributed by atoms with Crippen LogP contribution < -0.4 is 10.6 Å². The highest BCUT2D eigenvalue weighted by atomic mass is 35.5. The van der Waals surface area contributed by atoms with Gasteiger partial charge in [0.1, 0.15) is 0 Å². The van der Waals surface area contributed by atoms with Gasteiger partial charge in [0, 0.05) is 37.5 Å². The summed E-state index contributed by atoms with van der Waals surface area (Å²) in [4.78, 5) is 1.98. The SMILES string of the molecule is CN(C)c1ccc(C(N)CCO)c(Cl)c1. The summed E-state index contributed by atoms with van der Waals surface area (Å²) in [5.41, 5.74) is 7.80. The molecule has 3 nitrogen and oxygen atoms in total. The topological polar surface area (TPSA) is 49.5 Å². The van der Waals surface area contributed by atoms with Crippen LogP contribution in [0.1, 0.15) is 18.0 Å². The van der Waals surface area contributed by atoms with Crippen LogP contribution in [-0.2, 0) is 0 Å². The predicted octanol–water partition coefficient (Wildman–Crippen LogP) is 1.79. The predicted molar refractivity (Wildman–Crippen MR) is 64.4 cm³/mol. The average Bonchev–Trinajstić information content (AvgIpc) is 2.17. The fourth-order valence-corrected chi connectivity index (χ4v) is 1.70. The smallest absolute Gasteiger partial charge is 0.0474 e. The van der Waals surface area contributed by atoms with Gasteiger partial charge in [0.2, 0.25) is 0 Å². The summed E-state index contributed by atoms with van der Waals surface area (Å²) in [6.07, 6.45) is 0.529. The number of nitrogens with two attached hydrogens (primary N) is 1. The van der Waals surface area contributed by atoms with Crippen LogP contribution >= 0.6 is 11.6 Å². The maximum absolute atomic E-state index is 8.80. The highest BCUT2D eigenvalue weighted by molar-refractivity contribution is 6.31. The molecule has 0 bridgehead atoms. The Morgan fingerprint density at radius 2 is 2.13 bits per heavy atom. The Balaban J connectivity index is 2.92. The van der Waals surface area contributed by atoms with E-state index in [-0.39, 0.29) is 12.6 Å². The van der Waals surface area contributed by atoms with E-state index < -0.39 is 0 Å². The number of nitrogens with zero attached hydrogens (tertiary/aromatic N) is 1. The van der Waals surface area contributed by atoms with Gasteiger partial charge in [-0.2, -0.15) is 0 Å². The standard InChI is InChI=1S/C11H17ClN2O/c1-14(2)8-3-4-9(10(12)7-8)11(13)5-6-15/h3-4,7,11,15H,5-6,13H2,1-2H3. The van der Waals surface area contributed by atoms with Crippen molar-refractivity contribution in [1.29, 1.82) is 0 Å².